The van der Waals surface area contributed by atoms with Crippen LogP contribution < -0.4 is 0 Å². The number of hydrogen-bond donors (Lipinski definition) is 1. The summed E-state index contributed by atoms with van der Waals surface area (Å²) >= 11 is 0. The normalized spacial score (nSPS) is 20.2. The molecule has 18 heavy (non-hydrogen) atoms. The zero-order chi connectivity index (χ0) is 12.3. The van der Waals surface area contributed by atoms with Gasteiger partial charge in [0.1, 0.15) is 0 Å². The molecule has 1 aliphatic heterocycles. The molecule has 1 saturated heterocycles. The summed E-state index contributed by atoms with van der Waals surface area (Å²) in [6.07, 6.45) is 2.60. The number of carboxylic acids is 1. The van der Waals surface area contributed by atoms with E-state index in [1.807, 2.05) is 12.1 Å². The number of benzene rings is 1. The molecule has 1 aromatic carbocycles. The van der Waals surface area contributed by atoms with Crippen molar-refractivity contribution in [2.24, 2.45) is 5.92 Å². The van der Waals surface area contributed by atoms with Gasteiger partial charge in [0.2, 0.25) is 0 Å². The summed E-state index contributed by atoms with van der Waals surface area (Å²) in [5.41, 5.74) is 1.56. The molecular weight excluding hydrogens is 250 g/mol. The highest BCUT2D eigenvalue weighted by atomic mass is 35.5. The smallest absolute Gasteiger partial charge is 0.335 e. The van der Waals surface area contributed by atoms with Gasteiger partial charge in [-0.05, 0) is 43.0 Å². The van der Waals surface area contributed by atoms with Crippen molar-refractivity contribution >= 4 is 18.4 Å². The molecule has 0 radical (unpaired) electrons. The van der Waals surface area contributed by atoms with Gasteiger partial charge in [0.05, 0.1) is 5.56 Å². The Hall–Kier alpha value is -1.06. The largest absolute Gasteiger partial charge is 0.478 e. The third kappa shape index (κ3) is 4.00. The first-order chi connectivity index (χ1) is 8.15. The van der Waals surface area contributed by atoms with Crippen LogP contribution in [0.4, 0.5) is 0 Å². The second kappa shape index (κ2) is 6.76. The summed E-state index contributed by atoms with van der Waals surface area (Å²) in [6, 6.07) is 7.21. The molecule has 1 atom stereocenters. The number of nitrogens with zero attached hydrogens (tertiary/aromatic N) is 1. The maximum Gasteiger partial charge on any atom is 0.335 e. The second-order valence-corrected chi connectivity index (χ2v) is 4.98. The Kier molecular flexibility index (Phi) is 5.63. The molecule has 0 bridgehead atoms. The van der Waals surface area contributed by atoms with E-state index in [-0.39, 0.29) is 12.4 Å². The predicted octanol–water partition coefficient (Wildman–Crippen LogP) is 3.04. The molecule has 1 N–H and O–H groups in total. The first kappa shape index (κ1) is 15.0. The molecule has 1 unspecified atom stereocenters. The van der Waals surface area contributed by atoms with E-state index in [1.54, 1.807) is 12.1 Å². The van der Waals surface area contributed by atoms with Crippen molar-refractivity contribution in [3.8, 4) is 0 Å². The van der Waals surface area contributed by atoms with E-state index in [2.05, 4.69) is 11.8 Å². The van der Waals surface area contributed by atoms with Crippen molar-refractivity contribution in [2.45, 2.75) is 26.3 Å². The number of rotatable bonds is 3. The highest BCUT2D eigenvalue weighted by molar-refractivity contribution is 5.87. The van der Waals surface area contributed by atoms with Crippen molar-refractivity contribution in [3.05, 3.63) is 35.4 Å². The molecule has 0 spiro atoms. The summed E-state index contributed by atoms with van der Waals surface area (Å²) in [7, 11) is 0. The lowest BCUT2D eigenvalue weighted by molar-refractivity contribution is 0.0697. The zero-order valence-electron chi connectivity index (χ0n) is 10.6. The fourth-order valence-corrected chi connectivity index (χ4v) is 2.44. The molecule has 0 aliphatic carbocycles. The summed E-state index contributed by atoms with van der Waals surface area (Å²) < 4.78 is 0. The standard InChI is InChI=1S/C14H19NO2.ClH/c1-11-3-2-8-15(9-11)10-12-4-6-13(7-5-12)14(16)17;/h4-7,11H,2-3,8-10H2,1H3,(H,16,17);1H. The van der Waals surface area contributed by atoms with Crippen LogP contribution in [0.1, 0.15) is 35.7 Å². The maximum absolute atomic E-state index is 10.7. The molecule has 1 heterocycles. The van der Waals surface area contributed by atoms with Gasteiger partial charge in [0.25, 0.3) is 0 Å². The van der Waals surface area contributed by atoms with Crippen LogP contribution >= 0.6 is 12.4 Å². The van der Waals surface area contributed by atoms with Crippen LogP contribution in [0.25, 0.3) is 0 Å². The van der Waals surface area contributed by atoms with Gasteiger partial charge in [-0.2, -0.15) is 0 Å². The van der Waals surface area contributed by atoms with E-state index >= 15 is 0 Å². The topological polar surface area (TPSA) is 40.5 Å². The zero-order valence-corrected chi connectivity index (χ0v) is 11.4. The van der Waals surface area contributed by atoms with Crippen LogP contribution in [0.2, 0.25) is 0 Å². The third-order valence-corrected chi connectivity index (χ3v) is 3.35. The molecule has 1 aliphatic rings. The molecule has 0 aromatic heterocycles. The Morgan fingerprint density at radius 2 is 2.06 bits per heavy atom. The van der Waals surface area contributed by atoms with Gasteiger partial charge in [-0.15, -0.1) is 12.4 Å². The van der Waals surface area contributed by atoms with Crippen molar-refractivity contribution in [1.82, 2.24) is 4.90 Å². The lowest BCUT2D eigenvalue weighted by Crippen LogP contribution is -2.33. The van der Waals surface area contributed by atoms with E-state index < -0.39 is 5.97 Å². The van der Waals surface area contributed by atoms with E-state index in [0.717, 1.165) is 25.6 Å². The number of aromatic carboxylic acids is 1. The monoisotopic (exact) mass is 269 g/mol. The second-order valence-electron chi connectivity index (χ2n) is 4.98. The molecule has 4 heteroatoms. The van der Waals surface area contributed by atoms with Crippen LogP contribution in [0.5, 0.6) is 0 Å². The first-order valence-corrected chi connectivity index (χ1v) is 6.20. The third-order valence-electron chi connectivity index (χ3n) is 3.35. The molecule has 0 saturated carbocycles. The molecule has 1 aromatic rings. The average Bonchev–Trinajstić information content (AvgIpc) is 2.29. The summed E-state index contributed by atoms with van der Waals surface area (Å²) in [6.45, 7) is 5.54. The van der Waals surface area contributed by atoms with Crippen LogP contribution in [-0.2, 0) is 6.54 Å². The number of carbonyl (C=O) groups is 1. The highest BCUT2D eigenvalue weighted by Crippen LogP contribution is 2.18. The summed E-state index contributed by atoms with van der Waals surface area (Å²) in [4.78, 5) is 13.2. The van der Waals surface area contributed by atoms with Gasteiger partial charge >= 0.3 is 5.97 Å². The van der Waals surface area contributed by atoms with Crippen LogP contribution in [-0.4, -0.2) is 29.1 Å². The Bertz CT molecular complexity index is 391. The lowest BCUT2D eigenvalue weighted by atomic mass is 9.99. The average molecular weight is 270 g/mol. The number of carboxylic acid groups (broad SMARTS) is 1. The fourth-order valence-electron chi connectivity index (χ4n) is 2.44. The Labute approximate surface area is 114 Å². The van der Waals surface area contributed by atoms with Gasteiger partial charge in [0, 0.05) is 13.1 Å². The van der Waals surface area contributed by atoms with Gasteiger partial charge in [-0.1, -0.05) is 19.1 Å². The number of hydrogen-bond acceptors (Lipinski definition) is 2. The van der Waals surface area contributed by atoms with Crippen molar-refractivity contribution in [2.75, 3.05) is 13.1 Å². The van der Waals surface area contributed by atoms with Gasteiger partial charge in [0.15, 0.2) is 0 Å². The summed E-state index contributed by atoms with van der Waals surface area (Å²) in [5, 5.41) is 8.82. The van der Waals surface area contributed by atoms with E-state index in [4.69, 9.17) is 5.11 Å². The number of likely N-dealkylation sites (tertiary alicyclic amines) is 1. The molecule has 3 nitrogen and oxygen atoms in total. The Morgan fingerprint density at radius 1 is 1.39 bits per heavy atom. The minimum absolute atomic E-state index is 0. The van der Waals surface area contributed by atoms with E-state index in [0.29, 0.717) is 5.56 Å². The lowest BCUT2D eigenvalue weighted by Gasteiger charge is -2.30. The minimum atomic E-state index is -0.858. The van der Waals surface area contributed by atoms with Gasteiger partial charge < -0.3 is 5.11 Å². The molecule has 2 rings (SSSR count). The van der Waals surface area contributed by atoms with E-state index in [1.165, 1.54) is 18.4 Å². The van der Waals surface area contributed by atoms with E-state index in [9.17, 15) is 4.79 Å². The SMILES string of the molecule is CC1CCCN(Cc2ccc(C(=O)O)cc2)C1.Cl. The minimum Gasteiger partial charge on any atom is -0.478 e. The fraction of sp³-hybridized carbons (Fsp3) is 0.500. The molecule has 0 amide bonds. The predicted molar refractivity (Wildman–Crippen MR) is 74.3 cm³/mol. The number of piperidine rings is 1. The van der Waals surface area contributed by atoms with Crippen LogP contribution in [0.3, 0.4) is 0 Å². The Balaban J connectivity index is 0.00000162. The number of halogens is 1. The maximum atomic E-state index is 10.7. The Morgan fingerprint density at radius 3 is 2.61 bits per heavy atom. The first-order valence-electron chi connectivity index (χ1n) is 6.20. The van der Waals surface area contributed by atoms with Crippen molar-refractivity contribution in [3.63, 3.8) is 0 Å². The molecule has 1 fully saturated rings. The molecule has 100 valence electrons. The molecular formula is C14H20ClNO2. The highest BCUT2D eigenvalue weighted by Gasteiger charge is 2.16. The van der Waals surface area contributed by atoms with Gasteiger partial charge in [-0.25, -0.2) is 4.79 Å². The van der Waals surface area contributed by atoms with Gasteiger partial charge in [-0.3, -0.25) is 4.90 Å². The summed E-state index contributed by atoms with van der Waals surface area (Å²) in [5.74, 6) is -0.0785. The van der Waals surface area contributed by atoms with Crippen molar-refractivity contribution in [1.29, 1.82) is 0 Å². The van der Waals surface area contributed by atoms with Crippen LogP contribution in [0.15, 0.2) is 24.3 Å². The van der Waals surface area contributed by atoms with Crippen molar-refractivity contribution < 1.29 is 9.90 Å². The van der Waals surface area contributed by atoms with Crippen LogP contribution in [0, 0.1) is 5.92 Å². The quantitative estimate of drug-likeness (QED) is 0.917.